The third-order valence-corrected chi connectivity index (χ3v) is 3.78. The number of halogens is 2. The van der Waals surface area contributed by atoms with Gasteiger partial charge in [-0.3, -0.25) is 14.9 Å². The number of rotatable bonds is 3. The molecule has 21 heavy (non-hydrogen) atoms. The lowest BCUT2D eigenvalue weighted by molar-refractivity contribution is -0.384. The van der Waals surface area contributed by atoms with Crippen LogP contribution in [0, 0.1) is 17.0 Å². The van der Waals surface area contributed by atoms with Crippen molar-refractivity contribution in [3.05, 3.63) is 67.1 Å². The van der Waals surface area contributed by atoms with Crippen LogP contribution in [0.5, 0.6) is 0 Å². The second-order valence-corrected chi connectivity index (χ2v) is 5.62. The maximum absolute atomic E-state index is 12.2. The minimum absolute atomic E-state index is 0.0229. The van der Waals surface area contributed by atoms with Crippen molar-refractivity contribution in [3.63, 3.8) is 0 Å². The lowest BCUT2D eigenvalue weighted by Gasteiger charge is -2.08. The molecule has 108 valence electrons. The molecular formula is C14H10BrClN2O3. The summed E-state index contributed by atoms with van der Waals surface area (Å²) in [6.45, 7) is 1.87. The Morgan fingerprint density at radius 2 is 2.00 bits per heavy atom. The normalized spacial score (nSPS) is 10.2. The third-order valence-electron chi connectivity index (χ3n) is 2.77. The van der Waals surface area contributed by atoms with E-state index in [2.05, 4.69) is 21.2 Å². The molecule has 1 amide bonds. The number of nitro benzene ring substituents is 1. The van der Waals surface area contributed by atoms with Crippen LogP contribution in [0.4, 0.5) is 11.4 Å². The quantitative estimate of drug-likeness (QED) is 0.636. The van der Waals surface area contributed by atoms with Gasteiger partial charge in [0.05, 0.1) is 10.5 Å². The number of nitrogens with one attached hydrogen (secondary N) is 1. The SMILES string of the molecule is Cc1ccc(Br)c(C(=O)Nc2ccc(Cl)c([N+](=O)[O-])c2)c1. The first-order valence-electron chi connectivity index (χ1n) is 5.90. The van der Waals surface area contributed by atoms with Crippen molar-refractivity contribution in [1.29, 1.82) is 0 Å². The van der Waals surface area contributed by atoms with Gasteiger partial charge >= 0.3 is 0 Å². The number of carbonyl (C=O) groups excluding carboxylic acids is 1. The first-order valence-corrected chi connectivity index (χ1v) is 7.07. The zero-order valence-corrected chi connectivity index (χ0v) is 13.2. The monoisotopic (exact) mass is 368 g/mol. The van der Waals surface area contributed by atoms with E-state index in [1.807, 2.05) is 13.0 Å². The van der Waals surface area contributed by atoms with E-state index in [4.69, 9.17) is 11.6 Å². The number of nitrogens with zero attached hydrogens (tertiary/aromatic N) is 1. The predicted molar refractivity (Wildman–Crippen MR) is 84.9 cm³/mol. The van der Waals surface area contributed by atoms with E-state index in [1.54, 1.807) is 12.1 Å². The smallest absolute Gasteiger partial charge is 0.289 e. The van der Waals surface area contributed by atoms with E-state index in [0.29, 0.717) is 15.7 Å². The fourth-order valence-electron chi connectivity index (χ4n) is 1.74. The molecule has 0 saturated heterocycles. The Kier molecular flexibility index (Phi) is 4.59. The minimum Gasteiger partial charge on any atom is -0.322 e. The molecule has 0 fully saturated rings. The first-order chi connectivity index (χ1) is 9.88. The highest BCUT2D eigenvalue weighted by Crippen LogP contribution is 2.28. The molecule has 0 aliphatic carbocycles. The molecule has 0 bridgehead atoms. The van der Waals surface area contributed by atoms with Crippen molar-refractivity contribution >= 4 is 44.8 Å². The molecule has 2 aromatic rings. The van der Waals surface area contributed by atoms with Crippen LogP contribution in [0.25, 0.3) is 0 Å². The average molecular weight is 370 g/mol. The van der Waals surface area contributed by atoms with Crippen LogP contribution in [0.3, 0.4) is 0 Å². The van der Waals surface area contributed by atoms with Crippen molar-refractivity contribution < 1.29 is 9.72 Å². The molecule has 0 spiro atoms. The molecule has 0 aliphatic heterocycles. The van der Waals surface area contributed by atoms with Crippen molar-refractivity contribution in [2.45, 2.75) is 6.92 Å². The highest BCUT2D eigenvalue weighted by atomic mass is 79.9. The number of aryl methyl sites for hydroxylation is 1. The van der Waals surface area contributed by atoms with Gasteiger partial charge in [0.25, 0.3) is 11.6 Å². The summed E-state index contributed by atoms with van der Waals surface area (Å²) in [5.74, 6) is -0.359. The standard InChI is InChI=1S/C14H10BrClN2O3/c1-8-2-4-11(15)10(6-8)14(19)17-9-3-5-12(16)13(7-9)18(20)21/h2-7H,1H3,(H,17,19). The van der Waals surface area contributed by atoms with E-state index in [-0.39, 0.29) is 16.6 Å². The second kappa shape index (κ2) is 6.24. The van der Waals surface area contributed by atoms with Gasteiger partial charge in [-0.25, -0.2) is 0 Å². The number of hydrogen-bond acceptors (Lipinski definition) is 3. The van der Waals surface area contributed by atoms with Gasteiger partial charge in [-0.2, -0.15) is 0 Å². The number of carbonyl (C=O) groups is 1. The highest BCUT2D eigenvalue weighted by molar-refractivity contribution is 9.10. The van der Waals surface area contributed by atoms with Crippen LogP contribution in [0.2, 0.25) is 5.02 Å². The van der Waals surface area contributed by atoms with Gasteiger partial charge in [0.1, 0.15) is 5.02 Å². The van der Waals surface area contributed by atoms with Crippen molar-refractivity contribution in [1.82, 2.24) is 0 Å². The number of benzene rings is 2. The molecule has 0 radical (unpaired) electrons. The molecule has 1 N–H and O–H groups in total. The molecule has 0 saturated carbocycles. The average Bonchev–Trinajstić information content (AvgIpc) is 2.43. The summed E-state index contributed by atoms with van der Waals surface area (Å²) < 4.78 is 0.647. The van der Waals surface area contributed by atoms with E-state index < -0.39 is 4.92 Å². The van der Waals surface area contributed by atoms with Crippen molar-refractivity contribution in [2.24, 2.45) is 0 Å². The number of amides is 1. The van der Waals surface area contributed by atoms with Gasteiger partial charge in [-0.1, -0.05) is 23.2 Å². The van der Waals surface area contributed by atoms with E-state index in [0.717, 1.165) is 5.56 Å². The van der Waals surface area contributed by atoms with E-state index in [9.17, 15) is 14.9 Å². The number of anilines is 1. The van der Waals surface area contributed by atoms with E-state index in [1.165, 1.54) is 18.2 Å². The summed E-state index contributed by atoms with van der Waals surface area (Å²) in [6, 6.07) is 9.48. The summed E-state index contributed by atoms with van der Waals surface area (Å²) >= 11 is 9.03. The van der Waals surface area contributed by atoms with Crippen molar-refractivity contribution in [3.8, 4) is 0 Å². The fraction of sp³-hybridized carbons (Fsp3) is 0.0714. The molecule has 0 aliphatic rings. The number of hydrogen-bond donors (Lipinski definition) is 1. The largest absolute Gasteiger partial charge is 0.322 e. The van der Waals surface area contributed by atoms with Gasteiger partial charge in [0.15, 0.2) is 0 Å². The second-order valence-electron chi connectivity index (χ2n) is 4.36. The molecule has 0 unspecified atom stereocenters. The topological polar surface area (TPSA) is 72.2 Å². The summed E-state index contributed by atoms with van der Waals surface area (Å²) in [7, 11) is 0. The van der Waals surface area contributed by atoms with Gasteiger partial charge in [0, 0.05) is 16.2 Å². The lowest BCUT2D eigenvalue weighted by atomic mass is 10.1. The Balaban J connectivity index is 2.29. The maximum atomic E-state index is 12.2. The summed E-state index contributed by atoms with van der Waals surface area (Å²) in [5.41, 5.74) is 1.44. The van der Waals surface area contributed by atoms with Gasteiger partial charge < -0.3 is 5.32 Å². The Morgan fingerprint density at radius 3 is 2.67 bits per heavy atom. The Labute approximate surface area is 134 Å². The van der Waals surface area contributed by atoms with Crippen LogP contribution >= 0.6 is 27.5 Å². The molecular weight excluding hydrogens is 360 g/mol. The predicted octanol–water partition coefficient (Wildman–Crippen LogP) is 4.57. The molecule has 7 heteroatoms. The molecule has 2 aromatic carbocycles. The summed E-state index contributed by atoms with van der Waals surface area (Å²) in [6.07, 6.45) is 0. The van der Waals surface area contributed by atoms with Crippen LogP contribution in [0.15, 0.2) is 40.9 Å². The first kappa shape index (κ1) is 15.5. The van der Waals surface area contributed by atoms with Gasteiger partial charge in [0.2, 0.25) is 0 Å². The van der Waals surface area contributed by atoms with Gasteiger partial charge in [-0.15, -0.1) is 0 Å². The van der Waals surface area contributed by atoms with E-state index >= 15 is 0 Å². The molecule has 2 rings (SSSR count). The Bertz CT molecular complexity index is 734. The van der Waals surface area contributed by atoms with Crippen LogP contribution in [-0.2, 0) is 0 Å². The zero-order valence-electron chi connectivity index (χ0n) is 10.9. The van der Waals surface area contributed by atoms with Crippen molar-refractivity contribution in [2.75, 3.05) is 5.32 Å². The molecule has 0 atom stereocenters. The molecule has 5 nitrogen and oxygen atoms in total. The van der Waals surface area contributed by atoms with Crippen LogP contribution < -0.4 is 5.32 Å². The summed E-state index contributed by atoms with van der Waals surface area (Å²) in [4.78, 5) is 22.4. The van der Waals surface area contributed by atoms with Crippen LogP contribution in [0.1, 0.15) is 15.9 Å². The number of nitro groups is 1. The fourth-order valence-corrected chi connectivity index (χ4v) is 2.36. The van der Waals surface area contributed by atoms with Crippen LogP contribution in [-0.4, -0.2) is 10.8 Å². The molecule has 0 heterocycles. The Hall–Kier alpha value is -1.92. The van der Waals surface area contributed by atoms with Gasteiger partial charge in [-0.05, 0) is 47.1 Å². The third kappa shape index (κ3) is 3.59. The zero-order chi connectivity index (χ0) is 15.6. The Morgan fingerprint density at radius 1 is 1.29 bits per heavy atom. The maximum Gasteiger partial charge on any atom is 0.289 e. The lowest BCUT2D eigenvalue weighted by Crippen LogP contribution is -2.13. The minimum atomic E-state index is -0.597. The summed E-state index contributed by atoms with van der Waals surface area (Å²) in [5, 5.41) is 13.5. The molecule has 0 aromatic heterocycles. The highest BCUT2D eigenvalue weighted by Gasteiger charge is 2.15.